The normalized spacial score (nSPS) is 11.5. The highest BCUT2D eigenvalue weighted by Gasteiger charge is 2.13. The van der Waals surface area contributed by atoms with Crippen molar-refractivity contribution in [1.29, 1.82) is 5.26 Å². The maximum atomic E-state index is 11.8. The molecule has 1 aromatic carbocycles. The molecule has 0 aromatic heterocycles. The SMILES string of the molecule is CCCOc1ccc(/C=C/C(=O)OCC(=O)/C(C#N)=C(\C)N)cc1OCC. The molecule has 7 nitrogen and oxygen atoms in total. The summed E-state index contributed by atoms with van der Waals surface area (Å²) in [7, 11) is 0. The number of carbonyl (C=O) groups is 2. The fourth-order valence-corrected chi connectivity index (χ4v) is 2.02. The van der Waals surface area contributed by atoms with Crippen molar-refractivity contribution < 1.29 is 23.8 Å². The monoisotopic (exact) mass is 372 g/mol. The minimum Gasteiger partial charge on any atom is -0.490 e. The van der Waals surface area contributed by atoms with Gasteiger partial charge in [-0.05, 0) is 44.0 Å². The van der Waals surface area contributed by atoms with Crippen LogP contribution < -0.4 is 15.2 Å². The molecular formula is C20H24N2O5. The molecule has 0 amide bonds. The van der Waals surface area contributed by atoms with Gasteiger partial charge in [0, 0.05) is 11.8 Å². The molecule has 0 bridgehead atoms. The first kappa shape index (κ1) is 21.8. The van der Waals surface area contributed by atoms with Crippen molar-refractivity contribution in [2.75, 3.05) is 19.8 Å². The Morgan fingerprint density at radius 2 is 1.96 bits per heavy atom. The van der Waals surface area contributed by atoms with E-state index in [-0.39, 0.29) is 11.3 Å². The van der Waals surface area contributed by atoms with E-state index in [1.165, 1.54) is 19.1 Å². The molecular weight excluding hydrogens is 348 g/mol. The summed E-state index contributed by atoms with van der Waals surface area (Å²) in [4.78, 5) is 23.5. The van der Waals surface area contributed by atoms with Crippen LogP contribution in [0.2, 0.25) is 0 Å². The Kier molecular flexibility index (Phi) is 9.16. The summed E-state index contributed by atoms with van der Waals surface area (Å²) in [6.07, 6.45) is 3.61. The smallest absolute Gasteiger partial charge is 0.331 e. The van der Waals surface area contributed by atoms with E-state index in [0.717, 1.165) is 6.42 Å². The van der Waals surface area contributed by atoms with Gasteiger partial charge >= 0.3 is 5.97 Å². The maximum absolute atomic E-state index is 11.8. The van der Waals surface area contributed by atoms with Gasteiger partial charge in [0.15, 0.2) is 18.1 Å². The Morgan fingerprint density at radius 3 is 2.56 bits per heavy atom. The van der Waals surface area contributed by atoms with Gasteiger partial charge in [0.2, 0.25) is 5.78 Å². The molecule has 144 valence electrons. The molecule has 0 saturated carbocycles. The quantitative estimate of drug-likeness (QED) is 0.382. The van der Waals surface area contributed by atoms with Crippen molar-refractivity contribution in [2.24, 2.45) is 5.73 Å². The van der Waals surface area contributed by atoms with Gasteiger partial charge in [0.05, 0.1) is 13.2 Å². The highest BCUT2D eigenvalue weighted by molar-refractivity contribution is 6.01. The zero-order valence-electron chi connectivity index (χ0n) is 15.8. The van der Waals surface area contributed by atoms with Crippen LogP contribution in [0.15, 0.2) is 35.5 Å². The Labute approximate surface area is 159 Å². The van der Waals surface area contributed by atoms with E-state index >= 15 is 0 Å². The molecule has 0 heterocycles. The van der Waals surface area contributed by atoms with Gasteiger partial charge in [-0.25, -0.2) is 4.79 Å². The number of rotatable bonds is 10. The molecule has 0 aliphatic heterocycles. The van der Waals surface area contributed by atoms with E-state index in [0.29, 0.717) is 30.3 Å². The zero-order chi connectivity index (χ0) is 20.2. The Morgan fingerprint density at radius 1 is 1.22 bits per heavy atom. The van der Waals surface area contributed by atoms with Crippen molar-refractivity contribution in [1.82, 2.24) is 0 Å². The molecule has 0 unspecified atom stereocenters. The first-order chi connectivity index (χ1) is 12.9. The first-order valence-electron chi connectivity index (χ1n) is 8.57. The van der Waals surface area contributed by atoms with Gasteiger partial charge in [-0.1, -0.05) is 13.0 Å². The van der Waals surface area contributed by atoms with Gasteiger partial charge in [0.25, 0.3) is 0 Å². The number of nitriles is 1. The molecule has 7 heteroatoms. The molecule has 1 aromatic rings. The maximum Gasteiger partial charge on any atom is 0.331 e. The van der Waals surface area contributed by atoms with Gasteiger partial charge in [-0.15, -0.1) is 0 Å². The first-order valence-corrected chi connectivity index (χ1v) is 8.57. The van der Waals surface area contributed by atoms with E-state index in [9.17, 15) is 9.59 Å². The number of ketones is 1. The average molecular weight is 372 g/mol. The summed E-state index contributed by atoms with van der Waals surface area (Å²) >= 11 is 0. The largest absolute Gasteiger partial charge is 0.490 e. The predicted octanol–water partition coefficient (Wildman–Crippen LogP) is 2.76. The standard InChI is InChI=1S/C20H24N2O5/c1-4-10-26-18-8-6-15(11-19(18)25-5-2)7-9-20(24)27-13-17(23)16(12-21)14(3)22/h6-9,11H,4-5,10,13,22H2,1-3H3/b9-7+,16-14+. The Hall–Kier alpha value is -3.27. The molecule has 0 spiro atoms. The number of esters is 1. The van der Waals surface area contributed by atoms with Crippen LogP contribution in [0.3, 0.4) is 0 Å². The second-order valence-corrected chi connectivity index (χ2v) is 5.52. The summed E-state index contributed by atoms with van der Waals surface area (Å²) in [6, 6.07) is 6.98. The molecule has 0 aliphatic carbocycles. The number of ether oxygens (including phenoxy) is 3. The van der Waals surface area contributed by atoms with Crippen LogP contribution in [0, 0.1) is 11.3 Å². The fourth-order valence-electron chi connectivity index (χ4n) is 2.02. The number of hydrogen-bond donors (Lipinski definition) is 1. The Balaban J connectivity index is 2.74. The molecule has 0 aliphatic rings. The number of allylic oxidation sites excluding steroid dienone is 1. The summed E-state index contributed by atoms with van der Waals surface area (Å²) in [5.74, 6) is -0.134. The molecule has 0 saturated heterocycles. The lowest BCUT2D eigenvalue weighted by Crippen LogP contribution is -2.16. The summed E-state index contributed by atoms with van der Waals surface area (Å²) in [6.45, 7) is 5.83. The summed E-state index contributed by atoms with van der Waals surface area (Å²) in [5.41, 5.74) is 6.01. The second-order valence-electron chi connectivity index (χ2n) is 5.52. The summed E-state index contributed by atoms with van der Waals surface area (Å²) < 4.78 is 16.0. The van der Waals surface area contributed by atoms with E-state index < -0.39 is 18.4 Å². The van der Waals surface area contributed by atoms with E-state index in [4.69, 9.17) is 25.2 Å². The van der Waals surface area contributed by atoms with E-state index in [1.807, 2.05) is 13.8 Å². The highest BCUT2D eigenvalue weighted by Crippen LogP contribution is 2.29. The lowest BCUT2D eigenvalue weighted by Gasteiger charge is -2.12. The molecule has 0 fully saturated rings. The molecule has 0 radical (unpaired) electrons. The molecule has 27 heavy (non-hydrogen) atoms. The number of nitrogens with two attached hydrogens (primary N) is 1. The van der Waals surface area contributed by atoms with Crippen molar-refractivity contribution in [3.05, 3.63) is 41.1 Å². The van der Waals surface area contributed by atoms with Crippen molar-refractivity contribution in [3.63, 3.8) is 0 Å². The number of Topliss-reactive ketones (excluding diaryl/α,β-unsaturated/α-hetero) is 1. The lowest BCUT2D eigenvalue weighted by molar-refractivity contribution is -0.141. The van der Waals surface area contributed by atoms with Gasteiger partial charge in [-0.2, -0.15) is 5.26 Å². The van der Waals surface area contributed by atoms with Crippen LogP contribution in [-0.2, 0) is 14.3 Å². The van der Waals surface area contributed by atoms with Gasteiger partial charge in [-0.3, -0.25) is 4.79 Å². The van der Waals surface area contributed by atoms with Crippen molar-refractivity contribution >= 4 is 17.8 Å². The number of hydrogen-bond acceptors (Lipinski definition) is 7. The number of benzene rings is 1. The van der Waals surface area contributed by atoms with Crippen molar-refractivity contribution in [2.45, 2.75) is 27.2 Å². The number of nitrogens with zero attached hydrogens (tertiary/aromatic N) is 1. The predicted molar refractivity (Wildman–Crippen MR) is 101 cm³/mol. The van der Waals surface area contributed by atoms with Gasteiger partial charge in [0.1, 0.15) is 11.6 Å². The van der Waals surface area contributed by atoms with Crippen LogP contribution in [-0.4, -0.2) is 31.6 Å². The third-order valence-corrected chi connectivity index (χ3v) is 3.27. The second kappa shape index (κ2) is 11.4. The fraction of sp³-hybridized carbons (Fsp3) is 0.350. The molecule has 1 rings (SSSR count). The topological polar surface area (TPSA) is 112 Å². The molecule has 2 N–H and O–H groups in total. The molecule has 0 atom stereocenters. The van der Waals surface area contributed by atoms with Crippen molar-refractivity contribution in [3.8, 4) is 17.6 Å². The minimum absolute atomic E-state index is 0.0860. The third kappa shape index (κ3) is 7.24. The van der Waals surface area contributed by atoms with Gasteiger partial charge < -0.3 is 19.9 Å². The van der Waals surface area contributed by atoms with Crippen LogP contribution in [0.4, 0.5) is 0 Å². The van der Waals surface area contributed by atoms with Crippen LogP contribution in [0.5, 0.6) is 11.5 Å². The highest BCUT2D eigenvalue weighted by atomic mass is 16.5. The van der Waals surface area contributed by atoms with Crippen LogP contribution >= 0.6 is 0 Å². The number of carbonyl (C=O) groups excluding carboxylic acids is 2. The van der Waals surface area contributed by atoms with E-state index in [1.54, 1.807) is 24.3 Å². The zero-order valence-corrected chi connectivity index (χ0v) is 15.8. The summed E-state index contributed by atoms with van der Waals surface area (Å²) in [5, 5.41) is 8.84. The Bertz CT molecular complexity index is 771. The van der Waals surface area contributed by atoms with Crippen LogP contribution in [0.1, 0.15) is 32.8 Å². The lowest BCUT2D eigenvalue weighted by atomic mass is 10.1. The third-order valence-electron chi connectivity index (χ3n) is 3.27. The van der Waals surface area contributed by atoms with Crippen LogP contribution in [0.25, 0.3) is 6.08 Å². The average Bonchev–Trinajstić information content (AvgIpc) is 2.64. The van der Waals surface area contributed by atoms with E-state index in [2.05, 4.69) is 0 Å². The minimum atomic E-state index is -0.709.